The number of aliphatic hydroxyl groups excluding tert-OH is 1. The number of H-pyrrole nitrogens is 1. The van der Waals surface area contributed by atoms with Gasteiger partial charge in [-0.25, -0.2) is 0 Å². The van der Waals surface area contributed by atoms with Gasteiger partial charge < -0.3 is 25.2 Å². The van der Waals surface area contributed by atoms with Crippen LogP contribution in [-0.2, 0) is 9.59 Å². The average Bonchev–Trinajstić information content (AvgIpc) is 3.81. The lowest BCUT2D eigenvalue weighted by Crippen LogP contribution is -2.51. The molecular formula is C36H43N5O3. The Morgan fingerprint density at radius 1 is 1.02 bits per heavy atom. The number of hydrogen-bond donors (Lipinski definition) is 4. The van der Waals surface area contributed by atoms with E-state index in [1.165, 1.54) is 12.5 Å². The number of hydrogen-bond acceptors (Lipinski definition) is 5. The van der Waals surface area contributed by atoms with Crippen LogP contribution in [0.4, 0.5) is 5.69 Å². The Labute approximate surface area is 259 Å². The number of likely N-dealkylation sites (tertiary alicyclic amines) is 2. The van der Waals surface area contributed by atoms with Crippen molar-refractivity contribution in [2.45, 2.75) is 76.2 Å². The van der Waals surface area contributed by atoms with Gasteiger partial charge in [0.1, 0.15) is 12.3 Å². The van der Waals surface area contributed by atoms with Crippen molar-refractivity contribution in [1.82, 2.24) is 20.1 Å². The quantitative estimate of drug-likeness (QED) is 0.284. The first-order valence-corrected chi connectivity index (χ1v) is 15.8. The van der Waals surface area contributed by atoms with Crippen molar-refractivity contribution in [3.63, 3.8) is 0 Å². The molecule has 2 amide bonds. The third-order valence-electron chi connectivity index (χ3n) is 9.48. The molecule has 1 aliphatic carbocycles. The lowest BCUT2D eigenvalue weighted by atomic mass is 9.97. The number of benzene rings is 2. The number of allylic oxidation sites excluding steroid dienone is 1. The lowest BCUT2D eigenvalue weighted by molar-refractivity contribution is -0.134. The monoisotopic (exact) mass is 593 g/mol. The molecule has 3 heterocycles. The number of amides is 2. The highest BCUT2D eigenvalue weighted by Crippen LogP contribution is 2.32. The zero-order chi connectivity index (χ0) is 30.8. The SMILES string of the molecule is C=C(C(C)c1ccccc1)N1CCCC1C(O)NC1C=c2cc(-c3ccc(NC(=O)C4CCCN4C(C)=O)cc3)[nH]c2=CC1. The van der Waals surface area contributed by atoms with Crippen LogP contribution in [0.5, 0.6) is 0 Å². The van der Waals surface area contributed by atoms with Gasteiger partial charge in [-0.3, -0.25) is 14.9 Å². The Hall–Kier alpha value is -4.14. The van der Waals surface area contributed by atoms with Crippen LogP contribution in [0.3, 0.4) is 0 Å². The van der Waals surface area contributed by atoms with E-state index in [-0.39, 0.29) is 29.8 Å². The van der Waals surface area contributed by atoms with E-state index < -0.39 is 12.3 Å². The van der Waals surface area contributed by atoms with Crippen molar-refractivity contribution < 1.29 is 14.7 Å². The van der Waals surface area contributed by atoms with Gasteiger partial charge >= 0.3 is 0 Å². The molecule has 4 N–H and O–H groups in total. The van der Waals surface area contributed by atoms with Crippen molar-refractivity contribution in [3.8, 4) is 11.3 Å². The summed E-state index contributed by atoms with van der Waals surface area (Å²) >= 11 is 0. The summed E-state index contributed by atoms with van der Waals surface area (Å²) in [6.45, 7) is 9.68. The summed E-state index contributed by atoms with van der Waals surface area (Å²) in [6, 6.07) is 19.9. The maximum absolute atomic E-state index is 12.8. The predicted octanol–water partition coefficient (Wildman–Crippen LogP) is 3.65. The number of aromatic nitrogens is 1. The van der Waals surface area contributed by atoms with Gasteiger partial charge in [-0.2, -0.15) is 0 Å². The zero-order valence-corrected chi connectivity index (χ0v) is 25.6. The number of carbonyl (C=O) groups is 2. The van der Waals surface area contributed by atoms with E-state index in [2.05, 4.69) is 76.5 Å². The summed E-state index contributed by atoms with van der Waals surface area (Å²) in [5.74, 6) is -0.00949. The fraction of sp³-hybridized carbons (Fsp3) is 0.389. The van der Waals surface area contributed by atoms with Gasteiger partial charge in [-0.05, 0) is 66.6 Å². The second-order valence-electron chi connectivity index (χ2n) is 12.3. The fourth-order valence-electron chi connectivity index (χ4n) is 6.96. The molecular weight excluding hydrogens is 550 g/mol. The molecule has 0 saturated carbocycles. The van der Waals surface area contributed by atoms with Crippen molar-refractivity contribution in [3.05, 3.63) is 89.1 Å². The minimum Gasteiger partial charge on any atom is -0.376 e. The summed E-state index contributed by atoms with van der Waals surface area (Å²) in [6.07, 6.45) is 7.99. The van der Waals surface area contributed by atoms with Gasteiger partial charge in [-0.1, -0.05) is 68.1 Å². The molecule has 0 radical (unpaired) electrons. The number of carbonyl (C=O) groups excluding carboxylic acids is 2. The standard InChI is InChI=1S/C36H43N5O3/c1-23(26-9-5-4-6-10-26)24(2)40-19-7-11-33(40)35(43)38-30-17-18-31-28(21-30)22-32(39-31)27-13-15-29(16-14-27)37-36(44)34-12-8-20-41(34)25(3)42/h4-6,9-10,13-16,18,21-23,30,33-35,38-39,43H,2,7-8,11-12,17,19-20H2,1,3H3,(H,37,44). The number of aromatic amines is 1. The molecule has 2 fully saturated rings. The van der Waals surface area contributed by atoms with Gasteiger partial charge in [-0.15, -0.1) is 0 Å². The minimum atomic E-state index is -0.665. The molecule has 230 valence electrons. The molecule has 2 saturated heterocycles. The molecule has 2 aliphatic heterocycles. The van der Waals surface area contributed by atoms with Gasteiger partial charge in [0.05, 0.1) is 6.04 Å². The number of rotatable bonds is 9. The van der Waals surface area contributed by atoms with Crippen LogP contribution < -0.4 is 21.2 Å². The third-order valence-corrected chi connectivity index (χ3v) is 9.48. The van der Waals surface area contributed by atoms with Crippen molar-refractivity contribution in [2.24, 2.45) is 0 Å². The number of anilines is 1. The Kier molecular flexibility index (Phi) is 8.73. The summed E-state index contributed by atoms with van der Waals surface area (Å²) < 4.78 is 0. The van der Waals surface area contributed by atoms with Crippen LogP contribution in [0.15, 0.2) is 72.9 Å². The first-order chi connectivity index (χ1) is 21.3. The fourth-order valence-corrected chi connectivity index (χ4v) is 6.96. The Bertz CT molecular complexity index is 1630. The van der Waals surface area contributed by atoms with Crippen LogP contribution in [0, 0.1) is 0 Å². The molecule has 2 aromatic carbocycles. The minimum absolute atomic E-state index is 0.0107. The summed E-state index contributed by atoms with van der Waals surface area (Å²) in [5, 5.41) is 19.9. The third kappa shape index (κ3) is 6.23. The van der Waals surface area contributed by atoms with Crippen LogP contribution in [0.2, 0.25) is 0 Å². The van der Waals surface area contributed by atoms with Crippen LogP contribution >= 0.6 is 0 Å². The maximum Gasteiger partial charge on any atom is 0.247 e. The van der Waals surface area contributed by atoms with Crippen molar-refractivity contribution in [1.29, 1.82) is 0 Å². The second kappa shape index (κ2) is 12.8. The smallest absolute Gasteiger partial charge is 0.247 e. The van der Waals surface area contributed by atoms with E-state index in [0.717, 1.165) is 59.8 Å². The van der Waals surface area contributed by atoms with E-state index in [4.69, 9.17) is 0 Å². The average molecular weight is 594 g/mol. The molecule has 0 spiro atoms. The summed E-state index contributed by atoms with van der Waals surface area (Å²) in [5.41, 5.74) is 5.01. The van der Waals surface area contributed by atoms with Crippen molar-refractivity contribution >= 4 is 29.7 Å². The molecule has 8 nitrogen and oxygen atoms in total. The van der Waals surface area contributed by atoms with Crippen LogP contribution in [-0.4, -0.2) is 69.1 Å². The summed E-state index contributed by atoms with van der Waals surface area (Å²) in [7, 11) is 0. The highest BCUT2D eigenvalue weighted by atomic mass is 16.3. The van der Waals surface area contributed by atoms with E-state index in [0.29, 0.717) is 18.7 Å². The topological polar surface area (TPSA) is 101 Å². The Morgan fingerprint density at radius 2 is 1.75 bits per heavy atom. The number of nitrogens with one attached hydrogen (secondary N) is 3. The molecule has 8 heteroatoms. The number of aliphatic hydroxyl groups is 1. The van der Waals surface area contributed by atoms with E-state index in [1.54, 1.807) is 4.90 Å². The zero-order valence-electron chi connectivity index (χ0n) is 25.6. The first kappa shape index (κ1) is 29.9. The van der Waals surface area contributed by atoms with Crippen LogP contribution in [0.25, 0.3) is 23.4 Å². The molecule has 3 aromatic rings. The van der Waals surface area contributed by atoms with Gasteiger partial charge in [0.2, 0.25) is 11.8 Å². The van der Waals surface area contributed by atoms with Crippen molar-refractivity contribution in [2.75, 3.05) is 18.4 Å². The van der Waals surface area contributed by atoms with Crippen LogP contribution in [0.1, 0.15) is 57.4 Å². The predicted molar refractivity (Wildman–Crippen MR) is 175 cm³/mol. The number of fused-ring (bicyclic) bond motifs is 1. The first-order valence-electron chi connectivity index (χ1n) is 15.8. The molecule has 44 heavy (non-hydrogen) atoms. The largest absolute Gasteiger partial charge is 0.376 e. The van der Waals surface area contributed by atoms with E-state index in [1.807, 2.05) is 30.3 Å². The van der Waals surface area contributed by atoms with Gasteiger partial charge in [0.15, 0.2) is 0 Å². The van der Waals surface area contributed by atoms with Gasteiger partial charge in [0, 0.05) is 54.4 Å². The Morgan fingerprint density at radius 3 is 2.50 bits per heavy atom. The Balaban J connectivity index is 1.09. The lowest BCUT2D eigenvalue weighted by Gasteiger charge is -2.36. The molecule has 3 aliphatic rings. The van der Waals surface area contributed by atoms with E-state index in [9.17, 15) is 14.7 Å². The highest BCUT2D eigenvalue weighted by molar-refractivity contribution is 5.97. The molecule has 6 rings (SSSR count). The molecule has 5 atom stereocenters. The second-order valence-corrected chi connectivity index (χ2v) is 12.3. The summed E-state index contributed by atoms with van der Waals surface area (Å²) in [4.78, 5) is 32.1. The molecule has 1 aromatic heterocycles. The molecule has 5 unspecified atom stereocenters. The maximum atomic E-state index is 12.8. The normalized spacial score (nSPS) is 22.5. The van der Waals surface area contributed by atoms with E-state index >= 15 is 0 Å². The number of nitrogens with zero attached hydrogens (tertiary/aromatic N) is 2. The molecule has 0 bridgehead atoms. The highest BCUT2D eigenvalue weighted by Gasteiger charge is 2.34. The van der Waals surface area contributed by atoms with Gasteiger partial charge in [0.25, 0.3) is 0 Å².